The molecule has 1 aliphatic rings. The van der Waals surface area contributed by atoms with Gasteiger partial charge in [-0.1, -0.05) is 0 Å². The van der Waals surface area contributed by atoms with Crippen LogP contribution in [0.15, 0.2) is 23.0 Å². The maximum Gasteiger partial charge on any atom is 0.337 e. The summed E-state index contributed by atoms with van der Waals surface area (Å²) in [5, 5.41) is 9.59. The summed E-state index contributed by atoms with van der Waals surface area (Å²) in [5.74, 6) is -0.425. The predicted octanol–water partition coefficient (Wildman–Crippen LogP) is 1.59. The summed E-state index contributed by atoms with van der Waals surface area (Å²) in [4.78, 5) is 26.5. The topological polar surface area (TPSA) is 84.3 Å². The van der Waals surface area contributed by atoms with Gasteiger partial charge in [0, 0.05) is 6.04 Å². The number of hydrogen-bond donors (Lipinski definition) is 2. The molecule has 2 aromatic rings. The zero-order valence-corrected chi connectivity index (χ0v) is 11.8. The number of hydrogen-bond acceptors (Lipinski definition) is 4. The van der Waals surface area contributed by atoms with E-state index in [1.54, 1.807) is 22.8 Å². The molecular formula is C15H18N2O4. The van der Waals surface area contributed by atoms with Crippen LogP contribution in [0.5, 0.6) is 0 Å². The minimum atomic E-state index is -0.425. The van der Waals surface area contributed by atoms with Crippen molar-refractivity contribution < 1.29 is 14.6 Å². The number of H-pyrrole nitrogens is 1. The van der Waals surface area contributed by atoms with Crippen molar-refractivity contribution in [3.05, 3.63) is 34.2 Å². The second kappa shape index (κ2) is 5.37. The van der Waals surface area contributed by atoms with Crippen molar-refractivity contribution in [2.75, 3.05) is 7.11 Å². The van der Waals surface area contributed by atoms with Crippen LogP contribution in [0.25, 0.3) is 11.0 Å². The fourth-order valence-electron chi connectivity index (χ4n) is 3.05. The van der Waals surface area contributed by atoms with Crippen LogP contribution < -0.4 is 5.69 Å². The van der Waals surface area contributed by atoms with Crippen LogP contribution in [0.2, 0.25) is 0 Å². The molecule has 0 radical (unpaired) electrons. The molecule has 0 atom stereocenters. The van der Waals surface area contributed by atoms with Crippen LogP contribution in [0, 0.1) is 0 Å². The van der Waals surface area contributed by atoms with Gasteiger partial charge in [-0.3, -0.25) is 4.57 Å². The molecule has 0 spiro atoms. The summed E-state index contributed by atoms with van der Waals surface area (Å²) in [5.41, 5.74) is 1.66. The normalized spacial score (nSPS) is 22.4. The Labute approximate surface area is 121 Å². The first-order chi connectivity index (χ1) is 10.1. The highest BCUT2D eigenvalue weighted by atomic mass is 16.5. The number of ether oxygens (including phenoxy) is 1. The molecule has 6 heteroatoms. The van der Waals surface area contributed by atoms with Gasteiger partial charge in [0.1, 0.15) is 0 Å². The van der Waals surface area contributed by atoms with Gasteiger partial charge in [0.25, 0.3) is 0 Å². The Hall–Kier alpha value is -2.08. The molecule has 1 heterocycles. The van der Waals surface area contributed by atoms with Crippen molar-refractivity contribution in [2.24, 2.45) is 0 Å². The zero-order chi connectivity index (χ0) is 15.0. The fraction of sp³-hybridized carbons (Fsp3) is 0.467. The van der Waals surface area contributed by atoms with Crippen molar-refractivity contribution >= 4 is 17.0 Å². The molecule has 2 N–H and O–H groups in total. The first-order valence-electron chi connectivity index (χ1n) is 7.11. The molecule has 6 nitrogen and oxygen atoms in total. The number of imidazole rings is 1. The van der Waals surface area contributed by atoms with Gasteiger partial charge < -0.3 is 14.8 Å². The molecule has 1 aromatic heterocycles. The summed E-state index contributed by atoms with van der Waals surface area (Å²) in [7, 11) is 1.33. The number of nitrogens with one attached hydrogen (secondary N) is 1. The average Bonchev–Trinajstić information content (AvgIpc) is 2.82. The van der Waals surface area contributed by atoms with E-state index in [2.05, 4.69) is 9.72 Å². The van der Waals surface area contributed by atoms with Crippen LogP contribution in [-0.4, -0.2) is 33.8 Å². The molecule has 21 heavy (non-hydrogen) atoms. The van der Waals surface area contributed by atoms with Gasteiger partial charge in [0.2, 0.25) is 0 Å². The maximum absolute atomic E-state index is 12.2. The number of esters is 1. The molecule has 0 aliphatic heterocycles. The summed E-state index contributed by atoms with van der Waals surface area (Å²) in [6.45, 7) is 0. The number of fused-ring (bicyclic) bond motifs is 1. The fourth-order valence-corrected chi connectivity index (χ4v) is 3.05. The molecule has 0 unspecified atom stereocenters. The number of methoxy groups -OCH3 is 1. The van der Waals surface area contributed by atoms with E-state index in [4.69, 9.17) is 0 Å². The lowest BCUT2D eigenvalue weighted by Gasteiger charge is -2.26. The second-order valence-corrected chi connectivity index (χ2v) is 5.49. The number of aromatic nitrogens is 2. The molecular weight excluding hydrogens is 272 g/mol. The molecule has 1 aromatic carbocycles. The number of aromatic amines is 1. The van der Waals surface area contributed by atoms with Crippen LogP contribution in [-0.2, 0) is 4.74 Å². The Morgan fingerprint density at radius 1 is 1.33 bits per heavy atom. The van der Waals surface area contributed by atoms with Crippen molar-refractivity contribution in [3.63, 3.8) is 0 Å². The van der Waals surface area contributed by atoms with E-state index < -0.39 is 5.97 Å². The predicted molar refractivity (Wildman–Crippen MR) is 77.4 cm³/mol. The van der Waals surface area contributed by atoms with Crippen molar-refractivity contribution in [3.8, 4) is 0 Å². The Morgan fingerprint density at radius 2 is 2.05 bits per heavy atom. The van der Waals surface area contributed by atoms with Crippen LogP contribution in [0.3, 0.4) is 0 Å². The first-order valence-corrected chi connectivity index (χ1v) is 7.11. The Kier molecular flexibility index (Phi) is 3.55. The highest BCUT2D eigenvalue weighted by molar-refractivity contribution is 5.93. The average molecular weight is 290 g/mol. The van der Waals surface area contributed by atoms with Crippen molar-refractivity contribution in [2.45, 2.75) is 37.8 Å². The van der Waals surface area contributed by atoms with E-state index in [9.17, 15) is 14.7 Å². The number of carbonyl (C=O) groups excluding carboxylic acids is 1. The highest BCUT2D eigenvalue weighted by Crippen LogP contribution is 2.29. The lowest BCUT2D eigenvalue weighted by Crippen LogP contribution is -2.27. The highest BCUT2D eigenvalue weighted by Gasteiger charge is 2.24. The minimum absolute atomic E-state index is 0.0960. The lowest BCUT2D eigenvalue weighted by molar-refractivity contribution is 0.0601. The van der Waals surface area contributed by atoms with Crippen LogP contribution >= 0.6 is 0 Å². The van der Waals surface area contributed by atoms with E-state index >= 15 is 0 Å². The molecule has 1 fully saturated rings. The van der Waals surface area contributed by atoms with Gasteiger partial charge in [-0.25, -0.2) is 9.59 Å². The molecule has 1 saturated carbocycles. The Morgan fingerprint density at radius 3 is 2.71 bits per heavy atom. The SMILES string of the molecule is COC(=O)c1ccc2c(c1)[nH]c(=O)n2C1CCC(O)CC1. The molecule has 3 rings (SSSR count). The third kappa shape index (κ3) is 2.47. The molecule has 1 aliphatic carbocycles. The monoisotopic (exact) mass is 290 g/mol. The zero-order valence-electron chi connectivity index (χ0n) is 11.8. The van der Waals surface area contributed by atoms with Crippen molar-refractivity contribution in [1.29, 1.82) is 0 Å². The lowest BCUT2D eigenvalue weighted by atomic mass is 9.93. The summed E-state index contributed by atoms with van der Waals surface area (Å²) in [6.07, 6.45) is 2.74. The third-order valence-electron chi connectivity index (χ3n) is 4.17. The minimum Gasteiger partial charge on any atom is -0.465 e. The summed E-state index contributed by atoms with van der Waals surface area (Å²) in [6, 6.07) is 5.16. The number of aliphatic hydroxyl groups excluding tert-OH is 1. The number of carbonyl (C=O) groups is 1. The van der Waals surface area contributed by atoms with Crippen molar-refractivity contribution in [1.82, 2.24) is 9.55 Å². The first kappa shape index (κ1) is 13.9. The largest absolute Gasteiger partial charge is 0.465 e. The van der Waals surface area contributed by atoms with Gasteiger partial charge in [0.05, 0.1) is 29.8 Å². The number of aliphatic hydroxyl groups is 1. The smallest absolute Gasteiger partial charge is 0.337 e. The van der Waals surface area contributed by atoms with E-state index in [1.807, 2.05) is 0 Å². The molecule has 0 bridgehead atoms. The standard InChI is InChI=1S/C15H18N2O4/c1-21-14(19)9-2-7-13-12(8-9)16-15(20)17(13)10-3-5-11(18)6-4-10/h2,7-8,10-11,18H,3-6H2,1H3,(H,16,20). The third-order valence-corrected chi connectivity index (χ3v) is 4.17. The number of benzene rings is 1. The van der Waals surface area contributed by atoms with Gasteiger partial charge in [-0.2, -0.15) is 0 Å². The van der Waals surface area contributed by atoms with Gasteiger partial charge in [-0.15, -0.1) is 0 Å². The maximum atomic E-state index is 12.2. The molecule has 112 valence electrons. The summed E-state index contributed by atoms with van der Waals surface area (Å²) >= 11 is 0. The van der Waals surface area contributed by atoms with Crippen LogP contribution in [0.1, 0.15) is 42.1 Å². The second-order valence-electron chi connectivity index (χ2n) is 5.49. The summed E-state index contributed by atoms with van der Waals surface area (Å²) < 4.78 is 6.42. The van der Waals surface area contributed by atoms with E-state index in [0.29, 0.717) is 23.9 Å². The van der Waals surface area contributed by atoms with Gasteiger partial charge >= 0.3 is 11.7 Å². The Balaban J connectivity index is 2.02. The van der Waals surface area contributed by atoms with E-state index in [0.717, 1.165) is 18.4 Å². The van der Waals surface area contributed by atoms with E-state index in [-0.39, 0.29) is 17.8 Å². The van der Waals surface area contributed by atoms with Gasteiger partial charge in [-0.05, 0) is 43.9 Å². The number of rotatable bonds is 2. The number of nitrogens with zero attached hydrogens (tertiary/aromatic N) is 1. The Bertz CT molecular complexity index is 723. The quantitative estimate of drug-likeness (QED) is 0.823. The molecule has 0 saturated heterocycles. The molecule has 0 amide bonds. The van der Waals surface area contributed by atoms with Gasteiger partial charge in [0.15, 0.2) is 0 Å². The van der Waals surface area contributed by atoms with Crippen LogP contribution in [0.4, 0.5) is 0 Å². The van der Waals surface area contributed by atoms with E-state index in [1.165, 1.54) is 7.11 Å².